The Balaban J connectivity index is 2.48. The van der Waals surface area contributed by atoms with Crippen LogP contribution in [0.5, 0.6) is 0 Å². The second-order valence-corrected chi connectivity index (χ2v) is 5.96. The number of benzene rings is 1. The van der Waals surface area contributed by atoms with E-state index in [1.807, 2.05) is 0 Å². The van der Waals surface area contributed by atoms with Crippen molar-refractivity contribution in [3.05, 3.63) is 53.1 Å². The zero-order chi connectivity index (χ0) is 14.0. The van der Waals surface area contributed by atoms with Crippen LogP contribution in [0.2, 0.25) is 0 Å². The summed E-state index contributed by atoms with van der Waals surface area (Å²) in [7, 11) is -3.80. The molecule has 0 aliphatic heterocycles. The Kier molecular flexibility index (Phi) is 3.68. The molecule has 0 fully saturated rings. The molecule has 6 heteroatoms. The van der Waals surface area contributed by atoms with E-state index in [-0.39, 0.29) is 21.4 Å². The van der Waals surface area contributed by atoms with E-state index in [0.29, 0.717) is 5.57 Å². The molecule has 0 unspecified atom stereocenters. The summed E-state index contributed by atoms with van der Waals surface area (Å²) in [6.45, 7) is 1.61. The van der Waals surface area contributed by atoms with Crippen LogP contribution in [0.15, 0.2) is 62.4 Å². The molecule has 2 rings (SSSR count). The maximum atomic E-state index is 12.1. The third-order valence-electron chi connectivity index (χ3n) is 2.51. The fourth-order valence-electron chi connectivity index (χ4n) is 1.52. The van der Waals surface area contributed by atoms with E-state index in [1.54, 1.807) is 25.1 Å². The van der Waals surface area contributed by atoms with Crippen LogP contribution in [0.3, 0.4) is 0 Å². The van der Waals surface area contributed by atoms with Crippen molar-refractivity contribution < 1.29 is 13.2 Å². The van der Waals surface area contributed by atoms with Crippen molar-refractivity contribution in [3.8, 4) is 0 Å². The Morgan fingerprint density at radius 3 is 2.37 bits per heavy atom. The molecule has 0 aromatic heterocycles. The summed E-state index contributed by atoms with van der Waals surface area (Å²) < 4.78 is 27.8. The lowest BCUT2D eigenvalue weighted by molar-refractivity contribution is -0.110. The Morgan fingerprint density at radius 2 is 1.74 bits per heavy atom. The van der Waals surface area contributed by atoms with E-state index in [2.05, 4.69) is 4.40 Å². The topological polar surface area (TPSA) is 63.6 Å². The number of ketones is 1. The van der Waals surface area contributed by atoms with E-state index in [1.165, 1.54) is 24.3 Å². The minimum Gasteiger partial charge on any atom is -0.288 e. The zero-order valence-corrected chi connectivity index (χ0v) is 11.6. The molecule has 1 aliphatic carbocycles. The number of carbonyl (C=O) groups is 1. The van der Waals surface area contributed by atoms with E-state index in [4.69, 9.17) is 11.6 Å². The van der Waals surface area contributed by atoms with Gasteiger partial charge in [-0.05, 0) is 36.8 Å². The quantitative estimate of drug-likeness (QED) is 0.787. The van der Waals surface area contributed by atoms with Gasteiger partial charge < -0.3 is 0 Å². The molecule has 0 spiro atoms. The summed E-state index contributed by atoms with van der Waals surface area (Å²) in [4.78, 5) is 11.4. The van der Waals surface area contributed by atoms with Crippen LogP contribution in [-0.2, 0) is 14.8 Å². The minimum absolute atomic E-state index is 0.0485. The average molecular weight is 296 g/mol. The first-order valence-electron chi connectivity index (χ1n) is 5.40. The van der Waals surface area contributed by atoms with Crippen LogP contribution < -0.4 is 0 Å². The van der Waals surface area contributed by atoms with Gasteiger partial charge >= 0.3 is 0 Å². The summed E-state index contributed by atoms with van der Waals surface area (Å²) in [5, 5.41) is -0.0485. The highest BCUT2D eigenvalue weighted by molar-refractivity contribution is 7.90. The van der Waals surface area contributed by atoms with Gasteiger partial charge in [0.05, 0.1) is 15.6 Å². The number of nitrogens with zero attached hydrogens (tertiary/aromatic N) is 1. The third-order valence-corrected chi connectivity index (χ3v) is 4.11. The number of halogens is 1. The lowest BCUT2D eigenvalue weighted by Gasteiger charge is -2.08. The van der Waals surface area contributed by atoms with Crippen molar-refractivity contribution in [2.75, 3.05) is 0 Å². The number of hydrogen-bond donors (Lipinski definition) is 0. The number of sulfonamides is 1. The normalized spacial score (nSPS) is 18.2. The first-order chi connectivity index (χ1) is 8.90. The smallest absolute Gasteiger partial charge is 0.282 e. The van der Waals surface area contributed by atoms with Gasteiger partial charge in [0.25, 0.3) is 10.0 Å². The van der Waals surface area contributed by atoms with Gasteiger partial charge in [0.15, 0.2) is 5.78 Å². The highest BCUT2D eigenvalue weighted by atomic mass is 35.5. The molecule has 19 heavy (non-hydrogen) atoms. The molecule has 0 bridgehead atoms. The van der Waals surface area contributed by atoms with E-state index >= 15 is 0 Å². The largest absolute Gasteiger partial charge is 0.288 e. The van der Waals surface area contributed by atoms with E-state index in [9.17, 15) is 13.2 Å². The van der Waals surface area contributed by atoms with Crippen molar-refractivity contribution in [1.29, 1.82) is 0 Å². The number of hydrogen-bond acceptors (Lipinski definition) is 3. The molecule has 0 saturated carbocycles. The van der Waals surface area contributed by atoms with Crippen LogP contribution in [-0.4, -0.2) is 19.9 Å². The number of allylic oxidation sites excluding steroid dienone is 4. The predicted molar refractivity (Wildman–Crippen MR) is 73.8 cm³/mol. The van der Waals surface area contributed by atoms with Crippen molar-refractivity contribution >= 4 is 33.1 Å². The molecular weight excluding hydrogens is 286 g/mol. The van der Waals surface area contributed by atoms with Crippen LogP contribution in [0.25, 0.3) is 0 Å². The summed E-state index contributed by atoms with van der Waals surface area (Å²) in [5.41, 5.74) is 0.641. The molecule has 0 radical (unpaired) electrons. The molecule has 1 aromatic rings. The molecule has 1 aromatic carbocycles. The Bertz CT molecular complexity index is 716. The first-order valence-corrected chi connectivity index (χ1v) is 7.22. The molecule has 0 heterocycles. The summed E-state index contributed by atoms with van der Waals surface area (Å²) in [6, 6.07) is 7.86. The molecule has 0 atom stereocenters. The Hall–Kier alpha value is -1.72. The van der Waals surface area contributed by atoms with Gasteiger partial charge in [0.2, 0.25) is 0 Å². The maximum absolute atomic E-state index is 12.1. The molecule has 0 amide bonds. The average Bonchev–Trinajstić information content (AvgIpc) is 2.37. The lowest BCUT2D eigenvalue weighted by Crippen LogP contribution is -2.11. The molecule has 1 aliphatic rings. The molecular formula is C13H10ClNO3S. The first kappa shape index (κ1) is 13.7. The molecule has 0 saturated heterocycles. The van der Waals surface area contributed by atoms with Crippen molar-refractivity contribution in [2.45, 2.75) is 11.8 Å². The fourth-order valence-corrected chi connectivity index (χ4v) is 2.74. The highest BCUT2D eigenvalue weighted by Crippen LogP contribution is 2.19. The predicted octanol–water partition coefficient (Wildman–Crippen LogP) is 2.47. The highest BCUT2D eigenvalue weighted by Gasteiger charge is 2.18. The summed E-state index contributed by atoms with van der Waals surface area (Å²) in [6.07, 6.45) is 2.53. The van der Waals surface area contributed by atoms with Crippen LogP contribution in [0.4, 0.5) is 0 Å². The standard InChI is InChI=1S/C13H10ClNO3S/c1-9-7-13(16)11(14)8-12(9)15-19(17,18)10-5-3-2-4-6-10/h2-8H,1H3/b15-12-. The van der Waals surface area contributed by atoms with Gasteiger partial charge in [-0.25, -0.2) is 0 Å². The van der Waals surface area contributed by atoms with Gasteiger partial charge in [-0.2, -0.15) is 12.8 Å². The fraction of sp³-hybridized carbons (Fsp3) is 0.0769. The van der Waals surface area contributed by atoms with E-state index in [0.717, 1.165) is 0 Å². The van der Waals surface area contributed by atoms with Gasteiger partial charge in [0.1, 0.15) is 0 Å². The second-order valence-electron chi connectivity index (χ2n) is 3.95. The molecule has 4 nitrogen and oxygen atoms in total. The Labute approximate surface area is 116 Å². The number of carbonyl (C=O) groups excluding carboxylic acids is 1. The summed E-state index contributed by atoms with van der Waals surface area (Å²) in [5.74, 6) is -0.352. The monoisotopic (exact) mass is 295 g/mol. The van der Waals surface area contributed by atoms with Crippen LogP contribution in [0, 0.1) is 0 Å². The molecule has 98 valence electrons. The lowest BCUT2D eigenvalue weighted by atomic mass is 10.1. The van der Waals surface area contributed by atoms with Gasteiger partial charge in [0, 0.05) is 0 Å². The maximum Gasteiger partial charge on any atom is 0.282 e. The third kappa shape index (κ3) is 3.00. The molecule has 0 N–H and O–H groups in total. The van der Waals surface area contributed by atoms with Crippen molar-refractivity contribution in [3.63, 3.8) is 0 Å². The zero-order valence-electron chi connectivity index (χ0n) is 10.00. The van der Waals surface area contributed by atoms with Gasteiger partial charge in [-0.15, -0.1) is 0 Å². The van der Waals surface area contributed by atoms with Gasteiger partial charge in [-0.1, -0.05) is 29.8 Å². The summed E-state index contributed by atoms with van der Waals surface area (Å²) >= 11 is 5.69. The van der Waals surface area contributed by atoms with Gasteiger partial charge in [-0.3, -0.25) is 4.79 Å². The van der Waals surface area contributed by atoms with Crippen LogP contribution >= 0.6 is 11.6 Å². The van der Waals surface area contributed by atoms with Crippen molar-refractivity contribution in [2.24, 2.45) is 4.40 Å². The van der Waals surface area contributed by atoms with E-state index < -0.39 is 10.0 Å². The SMILES string of the molecule is CC1=CC(=O)C(Cl)=C/C1=N/S(=O)(=O)c1ccccc1. The van der Waals surface area contributed by atoms with Crippen molar-refractivity contribution in [1.82, 2.24) is 0 Å². The minimum atomic E-state index is -3.80. The number of rotatable bonds is 2. The second kappa shape index (κ2) is 5.11. The Morgan fingerprint density at radius 1 is 1.11 bits per heavy atom. The van der Waals surface area contributed by atoms with Crippen LogP contribution in [0.1, 0.15) is 6.92 Å².